The highest BCUT2D eigenvalue weighted by Gasteiger charge is 2.19. The molecule has 0 spiro atoms. The summed E-state index contributed by atoms with van der Waals surface area (Å²) in [6.45, 7) is 9.58. The van der Waals surface area contributed by atoms with Gasteiger partial charge in [0.25, 0.3) is 0 Å². The SMILES string of the molecule is CCCN1CCC(NC(=NCc2ccc(N(C)C)cc2)NCC)CC1. The van der Waals surface area contributed by atoms with Crippen LogP contribution in [0.25, 0.3) is 0 Å². The lowest BCUT2D eigenvalue weighted by Crippen LogP contribution is -2.48. The number of likely N-dealkylation sites (tertiary alicyclic amines) is 1. The minimum absolute atomic E-state index is 0.530. The Hall–Kier alpha value is -1.75. The molecule has 0 amide bonds. The number of hydrogen-bond donors (Lipinski definition) is 2. The van der Waals surface area contributed by atoms with Crippen molar-refractivity contribution in [3.63, 3.8) is 0 Å². The molecule has 2 rings (SSSR count). The van der Waals surface area contributed by atoms with Crippen molar-refractivity contribution in [1.29, 1.82) is 0 Å². The largest absolute Gasteiger partial charge is 0.378 e. The zero-order valence-corrected chi connectivity index (χ0v) is 16.4. The second kappa shape index (κ2) is 10.3. The third-order valence-corrected chi connectivity index (χ3v) is 4.68. The van der Waals surface area contributed by atoms with Crippen molar-refractivity contribution >= 4 is 11.6 Å². The number of nitrogens with zero attached hydrogens (tertiary/aromatic N) is 3. The molecule has 0 bridgehead atoms. The zero-order valence-electron chi connectivity index (χ0n) is 16.4. The second-order valence-corrected chi connectivity index (χ2v) is 7.02. The van der Waals surface area contributed by atoms with Gasteiger partial charge in [0, 0.05) is 45.5 Å². The molecule has 0 aliphatic carbocycles. The summed E-state index contributed by atoms with van der Waals surface area (Å²) in [5.41, 5.74) is 2.46. The van der Waals surface area contributed by atoms with E-state index in [0.717, 1.165) is 12.5 Å². The summed E-state index contributed by atoms with van der Waals surface area (Å²) in [4.78, 5) is 9.45. The van der Waals surface area contributed by atoms with Gasteiger partial charge in [-0.15, -0.1) is 0 Å². The minimum Gasteiger partial charge on any atom is -0.378 e. The van der Waals surface area contributed by atoms with Crippen molar-refractivity contribution in [3.05, 3.63) is 29.8 Å². The molecule has 140 valence electrons. The molecule has 1 aliphatic heterocycles. The first kappa shape index (κ1) is 19.6. The van der Waals surface area contributed by atoms with Gasteiger partial charge in [-0.05, 0) is 50.4 Å². The smallest absolute Gasteiger partial charge is 0.191 e. The predicted octanol–water partition coefficient (Wildman–Crippen LogP) is 2.68. The van der Waals surface area contributed by atoms with Gasteiger partial charge in [-0.25, -0.2) is 4.99 Å². The Kier molecular flexibility index (Phi) is 8.06. The van der Waals surface area contributed by atoms with E-state index in [1.807, 2.05) is 0 Å². The first-order chi connectivity index (χ1) is 12.1. The highest BCUT2D eigenvalue weighted by Crippen LogP contribution is 2.13. The number of benzene rings is 1. The van der Waals surface area contributed by atoms with Crippen molar-refractivity contribution in [2.24, 2.45) is 4.99 Å². The van der Waals surface area contributed by atoms with Crippen LogP contribution in [0.2, 0.25) is 0 Å². The Bertz CT molecular complexity index is 515. The van der Waals surface area contributed by atoms with Crippen LogP contribution in [0.3, 0.4) is 0 Å². The molecule has 0 atom stereocenters. The summed E-state index contributed by atoms with van der Waals surface area (Å²) in [5, 5.41) is 7.01. The number of rotatable bonds is 7. The predicted molar refractivity (Wildman–Crippen MR) is 108 cm³/mol. The molecular weight excluding hydrogens is 310 g/mol. The third-order valence-electron chi connectivity index (χ3n) is 4.68. The Morgan fingerprint density at radius 3 is 2.40 bits per heavy atom. The first-order valence-electron chi connectivity index (χ1n) is 9.65. The fraction of sp³-hybridized carbons (Fsp3) is 0.650. The number of piperidine rings is 1. The summed E-state index contributed by atoms with van der Waals surface area (Å²) in [5.74, 6) is 0.938. The Morgan fingerprint density at radius 2 is 1.84 bits per heavy atom. The standard InChI is InChI=1S/C20H35N5/c1-5-13-25-14-11-18(12-15-25)23-20(21-6-2)22-16-17-7-9-19(10-8-17)24(3)4/h7-10,18H,5-6,11-16H2,1-4H3,(H2,21,22,23). The van der Waals surface area contributed by atoms with Crippen molar-refractivity contribution in [2.45, 2.75) is 45.7 Å². The third kappa shape index (κ3) is 6.58. The summed E-state index contributed by atoms with van der Waals surface area (Å²) < 4.78 is 0. The lowest BCUT2D eigenvalue weighted by molar-refractivity contribution is 0.206. The molecule has 5 heteroatoms. The minimum atomic E-state index is 0.530. The molecule has 5 nitrogen and oxygen atoms in total. The Labute approximate surface area is 153 Å². The number of guanidine groups is 1. The molecule has 1 aliphatic rings. The molecule has 1 fully saturated rings. The molecule has 25 heavy (non-hydrogen) atoms. The maximum absolute atomic E-state index is 4.77. The van der Waals surface area contributed by atoms with Crippen molar-refractivity contribution in [2.75, 3.05) is 45.2 Å². The Morgan fingerprint density at radius 1 is 1.16 bits per heavy atom. The van der Waals surface area contributed by atoms with Crippen LogP contribution in [0.15, 0.2) is 29.3 Å². The van der Waals surface area contributed by atoms with Gasteiger partial charge in [-0.2, -0.15) is 0 Å². The summed E-state index contributed by atoms with van der Waals surface area (Å²) in [6, 6.07) is 9.14. The molecule has 1 heterocycles. The fourth-order valence-electron chi connectivity index (χ4n) is 3.20. The van der Waals surface area contributed by atoms with E-state index in [1.54, 1.807) is 0 Å². The van der Waals surface area contributed by atoms with E-state index >= 15 is 0 Å². The van der Waals surface area contributed by atoms with Gasteiger partial charge in [-0.1, -0.05) is 19.1 Å². The van der Waals surface area contributed by atoms with E-state index in [1.165, 1.54) is 50.1 Å². The normalized spacial score (nSPS) is 16.7. The van der Waals surface area contributed by atoms with E-state index in [4.69, 9.17) is 4.99 Å². The maximum atomic E-state index is 4.77. The van der Waals surface area contributed by atoms with Crippen molar-refractivity contribution in [1.82, 2.24) is 15.5 Å². The average molecular weight is 346 g/mol. The summed E-state index contributed by atoms with van der Waals surface area (Å²) >= 11 is 0. The summed E-state index contributed by atoms with van der Waals surface area (Å²) in [6.07, 6.45) is 3.64. The first-order valence-corrected chi connectivity index (χ1v) is 9.65. The number of hydrogen-bond acceptors (Lipinski definition) is 3. The van der Waals surface area contributed by atoms with Crippen LogP contribution < -0.4 is 15.5 Å². The highest BCUT2D eigenvalue weighted by molar-refractivity contribution is 5.80. The summed E-state index contributed by atoms with van der Waals surface area (Å²) in [7, 11) is 4.12. The van der Waals surface area contributed by atoms with Crippen LogP contribution in [0.5, 0.6) is 0 Å². The van der Waals surface area contributed by atoms with Gasteiger partial charge in [0.05, 0.1) is 6.54 Å². The molecule has 1 saturated heterocycles. The van der Waals surface area contributed by atoms with Crippen molar-refractivity contribution in [3.8, 4) is 0 Å². The van der Waals surface area contributed by atoms with E-state index < -0.39 is 0 Å². The molecule has 1 aromatic rings. The van der Waals surface area contributed by atoms with Crippen LogP contribution in [-0.4, -0.2) is 57.2 Å². The van der Waals surface area contributed by atoms with E-state index in [0.29, 0.717) is 12.6 Å². The second-order valence-electron chi connectivity index (χ2n) is 7.02. The van der Waals surface area contributed by atoms with Crippen LogP contribution in [-0.2, 0) is 6.54 Å². The van der Waals surface area contributed by atoms with Gasteiger partial charge >= 0.3 is 0 Å². The van der Waals surface area contributed by atoms with E-state index in [-0.39, 0.29) is 0 Å². The van der Waals surface area contributed by atoms with Crippen LogP contribution in [0.4, 0.5) is 5.69 Å². The Balaban J connectivity index is 1.87. The molecule has 0 unspecified atom stereocenters. The number of aliphatic imine (C=N–C) groups is 1. The molecule has 0 radical (unpaired) electrons. The van der Waals surface area contributed by atoms with Gasteiger partial charge in [0.2, 0.25) is 0 Å². The zero-order chi connectivity index (χ0) is 18.1. The molecule has 2 N–H and O–H groups in total. The van der Waals surface area contributed by atoms with Gasteiger partial charge in [0.1, 0.15) is 0 Å². The number of anilines is 1. The molecule has 0 saturated carbocycles. The number of nitrogens with one attached hydrogen (secondary N) is 2. The highest BCUT2D eigenvalue weighted by atomic mass is 15.2. The average Bonchev–Trinajstić information content (AvgIpc) is 2.62. The molecular formula is C20H35N5. The fourth-order valence-corrected chi connectivity index (χ4v) is 3.20. The van der Waals surface area contributed by atoms with Crippen LogP contribution >= 0.6 is 0 Å². The van der Waals surface area contributed by atoms with Gasteiger partial charge in [0.15, 0.2) is 5.96 Å². The quantitative estimate of drug-likeness (QED) is 0.589. The lowest BCUT2D eigenvalue weighted by atomic mass is 10.1. The monoisotopic (exact) mass is 345 g/mol. The van der Waals surface area contributed by atoms with Crippen molar-refractivity contribution < 1.29 is 0 Å². The van der Waals surface area contributed by atoms with Crippen LogP contribution in [0, 0.1) is 0 Å². The maximum Gasteiger partial charge on any atom is 0.191 e. The van der Waals surface area contributed by atoms with E-state index in [9.17, 15) is 0 Å². The molecule has 0 aromatic heterocycles. The molecule has 1 aromatic carbocycles. The van der Waals surface area contributed by atoms with Gasteiger partial charge < -0.3 is 20.4 Å². The van der Waals surface area contributed by atoms with Crippen LogP contribution in [0.1, 0.15) is 38.7 Å². The topological polar surface area (TPSA) is 42.9 Å². The van der Waals surface area contributed by atoms with Gasteiger partial charge in [-0.3, -0.25) is 0 Å². The van der Waals surface area contributed by atoms with E-state index in [2.05, 4.69) is 72.6 Å². The lowest BCUT2D eigenvalue weighted by Gasteiger charge is -2.32.